The summed E-state index contributed by atoms with van der Waals surface area (Å²) in [6, 6.07) is 86.0. The van der Waals surface area contributed by atoms with E-state index in [0.717, 1.165) is 61.3 Å². The molecule has 2 nitrogen and oxygen atoms in total. The zero-order chi connectivity index (χ0) is 40.3. The van der Waals surface area contributed by atoms with Crippen molar-refractivity contribution in [3.05, 3.63) is 259 Å². The summed E-state index contributed by atoms with van der Waals surface area (Å²) < 4.78 is 6.38. The highest BCUT2D eigenvalue weighted by Gasteiger charge is 2.46. The number of hydrogen-bond acceptors (Lipinski definition) is 2. The molecule has 10 aromatic carbocycles. The molecular formula is C59H39NO. The second-order valence-electron chi connectivity index (χ2n) is 16.0. The van der Waals surface area contributed by atoms with E-state index in [-0.39, 0.29) is 0 Å². The van der Waals surface area contributed by atoms with Crippen LogP contribution in [0.3, 0.4) is 0 Å². The Morgan fingerprint density at radius 2 is 0.885 bits per heavy atom. The molecule has 1 aromatic heterocycles. The van der Waals surface area contributed by atoms with Gasteiger partial charge in [-0.1, -0.05) is 200 Å². The Hall–Kier alpha value is -7.94. The van der Waals surface area contributed by atoms with Crippen LogP contribution in [0.4, 0.5) is 17.1 Å². The normalized spacial score (nSPS) is 12.7. The van der Waals surface area contributed by atoms with E-state index in [1.54, 1.807) is 0 Å². The molecule has 1 aliphatic carbocycles. The van der Waals surface area contributed by atoms with Crippen LogP contribution in [0.25, 0.3) is 66.1 Å². The van der Waals surface area contributed by atoms with E-state index in [9.17, 15) is 0 Å². The second kappa shape index (κ2) is 14.1. The molecule has 0 radical (unpaired) electrons. The van der Waals surface area contributed by atoms with Gasteiger partial charge in [0.15, 0.2) is 0 Å². The van der Waals surface area contributed by atoms with Gasteiger partial charge in [-0.15, -0.1) is 0 Å². The lowest BCUT2D eigenvalue weighted by atomic mass is 9.67. The molecule has 0 unspecified atom stereocenters. The molecule has 12 rings (SSSR count). The first kappa shape index (κ1) is 35.0. The largest absolute Gasteiger partial charge is 0.455 e. The molecule has 11 aromatic rings. The van der Waals surface area contributed by atoms with Crippen molar-refractivity contribution in [1.82, 2.24) is 0 Å². The lowest BCUT2D eigenvalue weighted by molar-refractivity contribution is 0.670. The summed E-state index contributed by atoms with van der Waals surface area (Å²) in [6.07, 6.45) is 0. The molecule has 0 saturated heterocycles. The van der Waals surface area contributed by atoms with Gasteiger partial charge < -0.3 is 9.32 Å². The van der Waals surface area contributed by atoms with Gasteiger partial charge in [-0.25, -0.2) is 0 Å². The Balaban J connectivity index is 0.991. The van der Waals surface area contributed by atoms with E-state index in [1.807, 2.05) is 12.1 Å². The predicted octanol–water partition coefficient (Wildman–Crippen LogP) is 15.9. The van der Waals surface area contributed by atoms with Gasteiger partial charge in [-0.3, -0.25) is 0 Å². The lowest BCUT2D eigenvalue weighted by Crippen LogP contribution is -2.28. The smallest absolute Gasteiger partial charge is 0.143 e. The molecule has 0 aliphatic heterocycles. The van der Waals surface area contributed by atoms with E-state index in [2.05, 4.69) is 229 Å². The van der Waals surface area contributed by atoms with Gasteiger partial charge in [-0.05, 0) is 91.9 Å². The Morgan fingerprint density at radius 3 is 1.66 bits per heavy atom. The first-order valence-corrected chi connectivity index (χ1v) is 21.0. The number of rotatable bonds is 7. The summed E-state index contributed by atoms with van der Waals surface area (Å²) in [6.45, 7) is 0. The van der Waals surface area contributed by atoms with E-state index in [1.165, 1.54) is 44.2 Å². The lowest BCUT2D eigenvalue weighted by Gasteiger charge is -2.35. The molecule has 2 heteroatoms. The van der Waals surface area contributed by atoms with Gasteiger partial charge in [-0.2, -0.15) is 0 Å². The highest BCUT2D eigenvalue weighted by Crippen LogP contribution is 2.57. The van der Waals surface area contributed by atoms with Crippen molar-refractivity contribution >= 4 is 49.8 Å². The quantitative estimate of drug-likeness (QED) is 0.160. The maximum atomic E-state index is 6.38. The van der Waals surface area contributed by atoms with Crippen molar-refractivity contribution in [3.63, 3.8) is 0 Å². The molecule has 1 aliphatic rings. The molecular weight excluding hydrogens is 739 g/mol. The Kier molecular flexibility index (Phi) is 8.11. The second-order valence-corrected chi connectivity index (χ2v) is 16.0. The fourth-order valence-electron chi connectivity index (χ4n) is 10.0. The van der Waals surface area contributed by atoms with Crippen LogP contribution in [-0.4, -0.2) is 0 Å². The molecule has 0 spiro atoms. The summed E-state index contributed by atoms with van der Waals surface area (Å²) in [4.78, 5) is 2.44. The third kappa shape index (κ3) is 5.50. The third-order valence-corrected chi connectivity index (χ3v) is 12.8. The van der Waals surface area contributed by atoms with Gasteiger partial charge in [0.25, 0.3) is 0 Å². The maximum absolute atomic E-state index is 6.38. The zero-order valence-corrected chi connectivity index (χ0v) is 33.4. The Bertz CT molecular complexity index is 3360. The monoisotopic (exact) mass is 777 g/mol. The summed E-state index contributed by atoms with van der Waals surface area (Å²) in [7, 11) is 0. The predicted molar refractivity (Wildman–Crippen MR) is 254 cm³/mol. The minimum Gasteiger partial charge on any atom is -0.455 e. The van der Waals surface area contributed by atoms with E-state index < -0.39 is 5.41 Å². The first-order chi connectivity index (χ1) is 30.3. The average molecular weight is 778 g/mol. The topological polar surface area (TPSA) is 16.4 Å². The number of fused-ring (bicyclic) bond motifs is 7. The first-order valence-electron chi connectivity index (χ1n) is 21.0. The number of benzene rings is 10. The van der Waals surface area contributed by atoms with Crippen molar-refractivity contribution in [3.8, 4) is 33.4 Å². The van der Waals surface area contributed by atoms with Crippen molar-refractivity contribution in [2.75, 3.05) is 4.90 Å². The molecule has 0 atom stereocenters. The van der Waals surface area contributed by atoms with E-state index in [4.69, 9.17) is 4.42 Å². The van der Waals surface area contributed by atoms with Crippen molar-refractivity contribution in [2.24, 2.45) is 0 Å². The number of hydrogen-bond donors (Lipinski definition) is 0. The van der Waals surface area contributed by atoms with Crippen LogP contribution in [0.1, 0.15) is 22.3 Å². The Labute approximate surface area is 355 Å². The maximum Gasteiger partial charge on any atom is 0.143 e. The van der Waals surface area contributed by atoms with Gasteiger partial charge in [0.1, 0.15) is 11.2 Å². The van der Waals surface area contributed by atoms with Crippen LogP contribution >= 0.6 is 0 Å². The number of para-hydroxylation sites is 2. The van der Waals surface area contributed by atoms with Crippen molar-refractivity contribution < 1.29 is 4.42 Å². The van der Waals surface area contributed by atoms with Crippen LogP contribution in [0.15, 0.2) is 241 Å². The van der Waals surface area contributed by atoms with Gasteiger partial charge in [0.2, 0.25) is 0 Å². The van der Waals surface area contributed by atoms with Crippen LogP contribution < -0.4 is 4.90 Å². The highest BCUT2D eigenvalue weighted by atomic mass is 16.3. The molecule has 0 saturated carbocycles. The van der Waals surface area contributed by atoms with Gasteiger partial charge in [0, 0.05) is 33.1 Å². The van der Waals surface area contributed by atoms with Crippen LogP contribution in [0, 0.1) is 0 Å². The zero-order valence-electron chi connectivity index (χ0n) is 33.4. The standard InChI is InChI=1S/C59H39NO/c1-3-17-44(18-4-1)59(45-19-5-2-6-20-45)54-26-11-9-22-50(54)51-38-37-47(39-55(51)59)60(56-27-13-16-42-15-7-8-21-48(42)56)46-35-33-41(34-36-46)40-29-31-43(32-30-40)49-24-14-25-53-52-23-10-12-28-57(52)61-58(49)53/h1-39H. The average Bonchev–Trinajstić information content (AvgIpc) is 3.87. The molecule has 0 N–H and O–H groups in total. The summed E-state index contributed by atoms with van der Waals surface area (Å²) >= 11 is 0. The summed E-state index contributed by atoms with van der Waals surface area (Å²) in [5.41, 5.74) is 16.9. The fraction of sp³-hybridized carbons (Fsp3) is 0.0169. The molecule has 0 bridgehead atoms. The summed E-state index contributed by atoms with van der Waals surface area (Å²) in [5, 5.41) is 4.69. The molecule has 1 heterocycles. The third-order valence-electron chi connectivity index (χ3n) is 12.8. The van der Waals surface area contributed by atoms with Crippen LogP contribution in [-0.2, 0) is 5.41 Å². The van der Waals surface area contributed by atoms with Gasteiger partial charge in [0.05, 0.1) is 11.1 Å². The molecule has 286 valence electrons. The SMILES string of the molecule is c1ccc(C2(c3ccccc3)c3ccccc3-c3ccc(N(c4ccc(-c5ccc(-c6cccc7c6oc6ccccc67)cc5)cc4)c4cccc5ccccc45)cc32)cc1. The number of nitrogens with zero attached hydrogens (tertiary/aromatic N) is 1. The minimum atomic E-state index is -0.499. The van der Waals surface area contributed by atoms with Crippen molar-refractivity contribution in [2.45, 2.75) is 5.41 Å². The van der Waals surface area contributed by atoms with Crippen LogP contribution in [0.5, 0.6) is 0 Å². The Morgan fingerprint density at radius 1 is 0.344 bits per heavy atom. The highest BCUT2D eigenvalue weighted by molar-refractivity contribution is 6.09. The van der Waals surface area contributed by atoms with Crippen LogP contribution in [0.2, 0.25) is 0 Å². The van der Waals surface area contributed by atoms with Crippen molar-refractivity contribution in [1.29, 1.82) is 0 Å². The minimum absolute atomic E-state index is 0.499. The molecule has 0 amide bonds. The van der Waals surface area contributed by atoms with Gasteiger partial charge >= 0.3 is 0 Å². The number of anilines is 3. The fourth-order valence-corrected chi connectivity index (χ4v) is 10.0. The number of furan rings is 1. The molecule has 0 fully saturated rings. The van der Waals surface area contributed by atoms with E-state index >= 15 is 0 Å². The summed E-state index contributed by atoms with van der Waals surface area (Å²) in [5.74, 6) is 0. The van der Waals surface area contributed by atoms with E-state index in [0.29, 0.717) is 0 Å². The molecule has 61 heavy (non-hydrogen) atoms.